The summed E-state index contributed by atoms with van der Waals surface area (Å²) in [4.78, 5) is 25.7. The zero-order chi connectivity index (χ0) is 20.7. The first kappa shape index (κ1) is 20.3. The number of carbonyl (C=O) groups is 2. The summed E-state index contributed by atoms with van der Waals surface area (Å²) in [5.74, 6) is -1.40. The Kier molecular flexibility index (Phi) is 5.18. The Bertz CT molecular complexity index is 930. The van der Waals surface area contributed by atoms with Gasteiger partial charge in [0.15, 0.2) is 0 Å². The van der Waals surface area contributed by atoms with Crippen molar-refractivity contribution < 1.29 is 27.5 Å². The van der Waals surface area contributed by atoms with Gasteiger partial charge in [0.2, 0.25) is 4.75 Å². The average molecular weight is 409 g/mol. The van der Waals surface area contributed by atoms with Gasteiger partial charge >= 0.3 is 12.3 Å². The van der Waals surface area contributed by atoms with E-state index in [-0.39, 0.29) is 17.0 Å². The summed E-state index contributed by atoms with van der Waals surface area (Å²) >= 11 is 0.465. The topological polar surface area (TPSA) is 46.6 Å². The number of benzene rings is 2. The van der Waals surface area contributed by atoms with E-state index in [0.717, 1.165) is 7.11 Å². The maximum Gasteiger partial charge on any atom is 0.421 e. The van der Waals surface area contributed by atoms with E-state index in [0.29, 0.717) is 33.4 Å². The highest BCUT2D eigenvalue weighted by molar-refractivity contribution is 8.00. The van der Waals surface area contributed by atoms with E-state index in [2.05, 4.69) is 4.74 Å². The zero-order valence-corrected chi connectivity index (χ0v) is 16.3. The van der Waals surface area contributed by atoms with Gasteiger partial charge < -0.3 is 4.74 Å². The van der Waals surface area contributed by atoms with Crippen LogP contribution in [-0.2, 0) is 20.0 Å². The lowest BCUT2D eigenvalue weighted by atomic mass is 9.95. The number of alkyl halides is 3. The number of anilines is 1. The van der Waals surface area contributed by atoms with Crippen molar-refractivity contribution in [3.63, 3.8) is 0 Å². The molecule has 0 N–H and O–H groups in total. The molecule has 0 saturated carbocycles. The molecule has 0 fully saturated rings. The highest BCUT2D eigenvalue weighted by atomic mass is 32.2. The molecule has 2 amide bonds. The summed E-state index contributed by atoms with van der Waals surface area (Å²) in [6.07, 6.45) is -6.05. The highest BCUT2D eigenvalue weighted by Crippen LogP contribution is 2.58. The van der Waals surface area contributed by atoms with Crippen LogP contribution in [0.4, 0.5) is 23.7 Å². The maximum atomic E-state index is 14.4. The molecular weight excluding hydrogens is 391 g/mol. The number of halogens is 3. The minimum atomic E-state index is -4.91. The molecule has 1 aliphatic heterocycles. The summed E-state index contributed by atoms with van der Waals surface area (Å²) in [5, 5.41) is 0. The third-order valence-electron chi connectivity index (χ3n) is 4.79. The van der Waals surface area contributed by atoms with Gasteiger partial charge in [0.25, 0.3) is 5.91 Å². The number of hydrogen-bond donors (Lipinski definition) is 0. The Hall–Kier alpha value is -2.48. The fourth-order valence-electron chi connectivity index (χ4n) is 3.18. The molecule has 1 atom stereocenters. The minimum absolute atomic E-state index is 0.0481. The monoisotopic (exact) mass is 409 g/mol. The first-order valence-electron chi connectivity index (χ1n) is 8.42. The van der Waals surface area contributed by atoms with Crippen LogP contribution in [0.2, 0.25) is 0 Å². The Morgan fingerprint density at radius 2 is 1.75 bits per heavy atom. The number of carbonyl (C=O) groups excluding carboxylic acids is 2. The van der Waals surface area contributed by atoms with Gasteiger partial charge in [-0.05, 0) is 36.6 Å². The zero-order valence-electron chi connectivity index (χ0n) is 15.5. The van der Waals surface area contributed by atoms with Crippen LogP contribution in [0.25, 0.3) is 0 Å². The van der Waals surface area contributed by atoms with E-state index in [4.69, 9.17) is 0 Å². The predicted octanol–water partition coefficient (Wildman–Crippen LogP) is 5.11. The number of ether oxygens (including phenoxy) is 1. The van der Waals surface area contributed by atoms with Crippen molar-refractivity contribution in [3.8, 4) is 0 Å². The molecule has 4 nitrogen and oxygen atoms in total. The van der Waals surface area contributed by atoms with Crippen molar-refractivity contribution in [2.75, 3.05) is 12.0 Å². The number of rotatable bonds is 3. The van der Waals surface area contributed by atoms with Crippen LogP contribution in [0.5, 0.6) is 0 Å². The van der Waals surface area contributed by atoms with Gasteiger partial charge in [0.05, 0.1) is 12.8 Å². The van der Waals surface area contributed by atoms with Crippen LogP contribution in [0.1, 0.15) is 22.3 Å². The van der Waals surface area contributed by atoms with Crippen LogP contribution in [0.3, 0.4) is 0 Å². The number of thioether (sulfide) groups is 1. The molecule has 0 aliphatic carbocycles. The second-order valence-corrected chi connectivity index (χ2v) is 7.71. The Morgan fingerprint density at radius 1 is 1.14 bits per heavy atom. The van der Waals surface area contributed by atoms with Gasteiger partial charge in [-0.1, -0.05) is 36.4 Å². The van der Waals surface area contributed by atoms with E-state index < -0.39 is 22.9 Å². The molecular formula is C20H18F3NO3S. The fraction of sp³-hybridized carbons (Fsp3) is 0.300. The highest BCUT2D eigenvalue weighted by Gasteiger charge is 2.69. The molecule has 2 aromatic carbocycles. The van der Waals surface area contributed by atoms with Crippen molar-refractivity contribution in [1.82, 2.24) is 0 Å². The van der Waals surface area contributed by atoms with Crippen molar-refractivity contribution in [2.45, 2.75) is 30.5 Å². The second-order valence-electron chi connectivity index (χ2n) is 6.52. The van der Waals surface area contributed by atoms with Gasteiger partial charge in [-0.15, -0.1) is 11.8 Å². The lowest BCUT2D eigenvalue weighted by Crippen LogP contribution is -2.50. The number of fused-ring (bicyclic) bond motifs is 1. The van der Waals surface area contributed by atoms with Crippen molar-refractivity contribution >= 4 is 29.4 Å². The summed E-state index contributed by atoms with van der Waals surface area (Å²) in [7, 11) is 1.03. The van der Waals surface area contributed by atoms with Crippen LogP contribution in [-0.4, -0.2) is 25.3 Å². The Balaban J connectivity index is 2.20. The predicted molar refractivity (Wildman–Crippen MR) is 101 cm³/mol. The molecule has 148 valence electrons. The molecule has 0 unspecified atom stereocenters. The number of nitrogens with zero attached hydrogens (tertiary/aromatic N) is 1. The van der Waals surface area contributed by atoms with Crippen LogP contribution in [0.15, 0.2) is 42.5 Å². The number of imide groups is 1. The van der Waals surface area contributed by atoms with E-state index >= 15 is 0 Å². The first-order valence-corrected chi connectivity index (χ1v) is 9.41. The standard InChI is InChI=1S/C20H18F3NO3S/c1-12-9-15-16(10-13(12)2)24(18(26)27-3)17(25)19(15,20(21,22)23)28-11-14-7-5-4-6-8-14/h4-10H,11H2,1-3H3/t19-/m1/s1. The molecule has 1 heterocycles. The molecule has 8 heteroatoms. The maximum absolute atomic E-state index is 14.4. The second kappa shape index (κ2) is 7.16. The summed E-state index contributed by atoms with van der Waals surface area (Å²) in [6, 6.07) is 11.3. The van der Waals surface area contributed by atoms with E-state index in [1.54, 1.807) is 44.2 Å². The van der Waals surface area contributed by atoms with E-state index in [1.807, 2.05) is 0 Å². The number of aryl methyl sites for hydroxylation is 2. The van der Waals surface area contributed by atoms with Crippen molar-refractivity contribution in [1.29, 1.82) is 0 Å². The normalized spacial score (nSPS) is 18.9. The van der Waals surface area contributed by atoms with Gasteiger partial charge in [-0.25, -0.2) is 9.69 Å². The third-order valence-corrected chi connectivity index (χ3v) is 6.33. The average Bonchev–Trinajstić information content (AvgIpc) is 2.89. The van der Waals surface area contributed by atoms with Crippen LogP contribution >= 0.6 is 11.8 Å². The molecule has 0 radical (unpaired) electrons. The van der Waals surface area contributed by atoms with E-state index in [1.165, 1.54) is 12.1 Å². The number of amides is 2. The fourth-order valence-corrected chi connectivity index (χ4v) is 4.46. The molecule has 3 rings (SSSR count). The molecule has 0 saturated heterocycles. The van der Waals surface area contributed by atoms with Crippen molar-refractivity contribution in [2.24, 2.45) is 0 Å². The first-order chi connectivity index (χ1) is 13.1. The quantitative estimate of drug-likeness (QED) is 0.707. The number of methoxy groups -OCH3 is 1. The SMILES string of the molecule is COC(=O)N1C(=O)[C@@](SCc2ccccc2)(C(F)(F)F)c2cc(C)c(C)cc21. The molecule has 28 heavy (non-hydrogen) atoms. The van der Waals surface area contributed by atoms with Crippen LogP contribution < -0.4 is 4.90 Å². The smallest absolute Gasteiger partial charge is 0.421 e. The molecule has 0 aromatic heterocycles. The molecule has 2 aromatic rings. The Morgan fingerprint density at radius 3 is 2.32 bits per heavy atom. The largest absolute Gasteiger partial charge is 0.452 e. The lowest BCUT2D eigenvalue weighted by molar-refractivity contribution is -0.169. The summed E-state index contributed by atoms with van der Waals surface area (Å²) < 4.78 is 44.9. The number of hydrogen-bond acceptors (Lipinski definition) is 4. The minimum Gasteiger partial charge on any atom is -0.452 e. The molecule has 1 aliphatic rings. The summed E-state index contributed by atoms with van der Waals surface area (Å²) in [5.41, 5.74) is 1.60. The van der Waals surface area contributed by atoms with Gasteiger partial charge in [-0.2, -0.15) is 13.2 Å². The third kappa shape index (κ3) is 3.05. The van der Waals surface area contributed by atoms with Gasteiger partial charge in [0.1, 0.15) is 0 Å². The van der Waals surface area contributed by atoms with Crippen molar-refractivity contribution in [3.05, 3.63) is 64.7 Å². The Labute approximate surface area is 164 Å². The summed E-state index contributed by atoms with van der Waals surface area (Å²) in [6.45, 7) is 3.38. The van der Waals surface area contributed by atoms with E-state index in [9.17, 15) is 22.8 Å². The van der Waals surface area contributed by atoms with Gasteiger partial charge in [0, 0.05) is 11.3 Å². The van der Waals surface area contributed by atoms with Crippen LogP contribution in [0, 0.1) is 13.8 Å². The molecule has 0 bridgehead atoms. The molecule has 0 spiro atoms. The van der Waals surface area contributed by atoms with Gasteiger partial charge in [-0.3, -0.25) is 4.79 Å². The lowest BCUT2D eigenvalue weighted by Gasteiger charge is -2.30.